The SMILES string of the molecule is CC1(CNc2cccnc2C(N)=S)CCCO1. The Morgan fingerprint density at radius 2 is 2.53 bits per heavy atom. The molecule has 3 N–H and O–H groups in total. The van der Waals surface area contributed by atoms with E-state index in [1.54, 1.807) is 6.20 Å². The molecule has 5 heteroatoms. The quantitative estimate of drug-likeness (QED) is 0.798. The molecule has 1 saturated heterocycles. The molecule has 1 aliphatic rings. The summed E-state index contributed by atoms with van der Waals surface area (Å²) in [5.74, 6) is 0. The highest BCUT2D eigenvalue weighted by Gasteiger charge is 2.29. The molecule has 0 aromatic carbocycles. The Bertz CT molecular complexity index is 416. The number of nitrogens with one attached hydrogen (secondary N) is 1. The molecule has 0 spiro atoms. The smallest absolute Gasteiger partial charge is 0.124 e. The van der Waals surface area contributed by atoms with Crippen LogP contribution in [-0.4, -0.2) is 28.7 Å². The van der Waals surface area contributed by atoms with Gasteiger partial charge in [0.25, 0.3) is 0 Å². The van der Waals surface area contributed by atoms with Gasteiger partial charge in [0.15, 0.2) is 0 Å². The van der Waals surface area contributed by atoms with Crippen molar-refractivity contribution in [1.29, 1.82) is 0 Å². The average molecular weight is 251 g/mol. The van der Waals surface area contributed by atoms with Crippen molar-refractivity contribution >= 4 is 22.9 Å². The van der Waals surface area contributed by atoms with E-state index in [0.29, 0.717) is 10.7 Å². The lowest BCUT2D eigenvalue weighted by molar-refractivity contribution is 0.0315. The van der Waals surface area contributed by atoms with E-state index in [-0.39, 0.29) is 5.60 Å². The van der Waals surface area contributed by atoms with Gasteiger partial charge in [-0.1, -0.05) is 12.2 Å². The molecular formula is C12H17N3OS. The highest BCUT2D eigenvalue weighted by Crippen LogP contribution is 2.25. The predicted molar refractivity (Wildman–Crippen MR) is 72.2 cm³/mol. The summed E-state index contributed by atoms with van der Waals surface area (Å²) in [5, 5.41) is 3.32. The van der Waals surface area contributed by atoms with Crippen LogP contribution in [0.4, 0.5) is 5.69 Å². The van der Waals surface area contributed by atoms with Gasteiger partial charge in [0.1, 0.15) is 10.7 Å². The third-order valence-electron chi connectivity index (χ3n) is 2.99. The van der Waals surface area contributed by atoms with Crippen LogP contribution in [0.15, 0.2) is 18.3 Å². The van der Waals surface area contributed by atoms with Crippen LogP contribution in [-0.2, 0) is 4.74 Å². The van der Waals surface area contributed by atoms with E-state index in [4.69, 9.17) is 22.7 Å². The minimum Gasteiger partial charge on any atom is -0.388 e. The number of aromatic nitrogens is 1. The van der Waals surface area contributed by atoms with Crippen molar-refractivity contribution in [3.63, 3.8) is 0 Å². The second-order valence-electron chi connectivity index (χ2n) is 4.52. The number of rotatable bonds is 4. The molecule has 92 valence electrons. The van der Waals surface area contributed by atoms with Crippen LogP contribution in [0.3, 0.4) is 0 Å². The fraction of sp³-hybridized carbons (Fsp3) is 0.500. The Kier molecular flexibility index (Phi) is 3.59. The van der Waals surface area contributed by atoms with Crippen LogP contribution in [0.1, 0.15) is 25.5 Å². The van der Waals surface area contributed by atoms with Gasteiger partial charge in [-0.15, -0.1) is 0 Å². The van der Waals surface area contributed by atoms with Crippen molar-refractivity contribution in [2.24, 2.45) is 5.73 Å². The summed E-state index contributed by atoms with van der Waals surface area (Å²) in [6, 6.07) is 3.79. The zero-order valence-electron chi connectivity index (χ0n) is 9.90. The first-order valence-corrected chi connectivity index (χ1v) is 6.14. The molecule has 0 bridgehead atoms. The zero-order valence-corrected chi connectivity index (χ0v) is 10.7. The summed E-state index contributed by atoms with van der Waals surface area (Å²) in [7, 11) is 0. The van der Waals surface area contributed by atoms with Crippen LogP contribution in [0.5, 0.6) is 0 Å². The number of ether oxygens (including phenoxy) is 1. The van der Waals surface area contributed by atoms with Gasteiger partial charge in [0.2, 0.25) is 0 Å². The molecule has 1 aromatic rings. The summed E-state index contributed by atoms with van der Waals surface area (Å²) in [5.41, 5.74) is 7.05. The molecule has 0 amide bonds. The van der Waals surface area contributed by atoms with Crippen LogP contribution >= 0.6 is 12.2 Å². The standard InChI is InChI=1S/C12H17N3OS/c1-12(5-3-7-16-12)8-15-9-4-2-6-14-10(9)11(13)17/h2,4,6,15H,3,5,7-8H2,1H3,(H2,13,17). The number of nitrogens with zero attached hydrogens (tertiary/aromatic N) is 1. The maximum atomic E-state index is 5.72. The molecule has 1 fully saturated rings. The Morgan fingerprint density at radius 3 is 3.18 bits per heavy atom. The molecule has 17 heavy (non-hydrogen) atoms. The van der Waals surface area contributed by atoms with Crippen LogP contribution in [0.2, 0.25) is 0 Å². The predicted octanol–water partition coefficient (Wildman–Crippen LogP) is 1.70. The van der Waals surface area contributed by atoms with Gasteiger partial charge in [0, 0.05) is 19.3 Å². The van der Waals surface area contributed by atoms with E-state index in [0.717, 1.165) is 31.7 Å². The van der Waals surface area contributed by atoms with Gasteiger partial charge in [-0.3, -0.25) is 4.98 Å². The lowest BCUT2D eigenvalue weighted by Gasteiger charge is -2.24. The van der Waals surface area contributed by atoms with E-state index in [2.05, 4.69) is 17.2 Å². The van der Waals surface area contributed by atoms with Gasteiger partial charge in [-0.05, 0) is 31.9 Å². The van der Waals surface area contributed by atoms with E-state index < -0.39 is 0 Å². The molecule has 0 aliphatic carbocycles. The van der Waals surface area contributed by atoms with Crippen molar-refractivity contribution in [2.75, 3.05) is 18.5 Å². The van der Waals surface area contributed by atoms with Crippen molar-refractivity contribution in [2.45, 2.75) is 25.4 Å². The molecule has 1 aromatic heterocycles. The van der Waals surface area contributed by atoms with E-state index in [1.165, 1.54) is 0 Å². The fourth-order valence-electron chi connectivity index (χ4n) is 2.00. The molecule has 0 saturated carbocycles. The molecule has 1 unspecified atom stereocenters. The third-order valence-corrected chi connectivity index (χ3v) is 3.19. The number of pyridine rings is 1. The van der Waals surface area contributed by atoms with E-state index in [9.17, 15) is 0 Å². The van der Waals surface area contributed by atoms with Crippen molar-refractivity contribution in [3.8, 4) is 0 Å². The maximum Gasteiger partial charge on any atom is 0.124 e. The maximum absolute atomic E-state index is 5.72. The van der Waals surface area contributed by atoms with Crippen LogP contribution in [0.25, 0.3) is 0 Å². The number of nitrogens with two attached hydrogens (primary N) is 1. The number of hydrogen-bond acceptors (Lipinski definition) is 4. The summed E-state index contributed by atoms with van der Waals surface area (Å²) in [6.07, 6.45) is 3.88. The number of anilines is 1. The Morgan fingerprint density at radius 1 is 1.71 bits per heavy atom. The van der Waals surface area contributed by atoms with Gasteiger partial charge >= 0.3 is 0 Å². The highest BCUT2D eigenvalue weighted by atomic mass is 32.1. The summed E-state index contributed by atoms with van der Waals surface area (Å²) < 4.78 is 5.72. The molecule has 0 radical (unpaired) electrons. The second kappa shape index (κ2) is 4.98. The van der Waals surface area contributed by atoms with Gasteiger partial charge < -0.3 is 15.8 Å². The van der Waals surface area contributed by atoms with Crippen LogP contribution < -0.4 is 11.1 Å². The molecule has 1 aliphatic heterocycles. The minimum atomic E-state index is -0.0939. The molecule has 1 atom stereocenters. The summed E-state index contributed by atoms with van der Waals surface area (Å²) in [6.45, 7) is 3.70. The largest absolute Gasteiger partial charge is 0.388 e. The van der Waals surface area contributed by atoms with Gasteiger partial charge in [-0.25, -0.2) is 0 Å². The average Bonchev–Trinajstić information content (AvgIpc) is 2.74. The lowest BCUT2D eigenvalue weighted by atomic mass is 10.0. The number of thiocarbonyl (C=S) groups is 1. The highest BCUT2D eigenvalue weighted by molar-refractivity contribution is 7.80. The van der Waals surface area contributed by atoms with E-state index >= 15 is 0 Å². The lowest BCUT2D eigenvalue weighted by Crippen LogP contribution is -2.33. The minimum absolute atomic E-state index is 0.0939. The van der Waals surface area contributed by atoms with Crippen LogP contribution in [0, 0.1) is 0 Å². The summed E-state index contributed by atoms with van der Waals surface area (Å²) in [4.78, 5) is 4.49. The first-order chi connectivity index (χ1) is 8.11. The van der Waals surface area contributed by atoms with Gasteiger partial charge in [-0.2, -0.15) is 0 Å². The Balaban J connectivity index is 2.06. The Labute approximate surface area is 107 Å². The number of hydrogen-bond donors (Lipinski definition) is 2. The third kappa shape index (κ3) is 2.92. The monoisotopic (exact) mass is 251 g/mol. The fourth-order valence-corrected chi connectivity index (χ4v) is 2.17. The van der Waals surface area contributed by atoms with Crippen molar-refractivity contribution < 1.29 is 4.74 Å². The first kappa shape index (κ1) is 12.3. The first-order valence-electron chi connectivity index (χ1n) is 5.73. The Hall–Kier alpha value is -1.20. The van der Waals surface area contributed by atoms with E-state index in [1.807, 2.05) is 12.1 Å². The second-order valence-corrected chi connectivity index (χ2v) is 4.96. The van der Waals surface area contributed by atoms with Crippen molar-refractivity contribution in [3.05, 3.63) is 24.0 Å². The van der Waals surface area contributed by atoms with Gasteiger partial charge in [0.05, 0.1) is 11.3 Å². The molecule has 2 heterocycles. The topological polar surface area (TPSA) is 60.2 Å². The van der Waals surface area contributed by atoms with Crippen molar-refractivity contribution in [1.82, 2.24) is 4.98 Å². The molecular weight excluding hydrogens is 234 g/mol. The normalized spacial score (nSPS) is 23.6. The molecule has 4 nitrogen and oxygen atoms in total. The summed E-state index contributed by atoms with van der Waals surface area (Å²) >= 11 is 4.97. The zero-order chi connectivity index (χ0) is 12.3. The molecule has 2 rings (SSSR count).